The van der Waals surface area contributed by atoms with Crippen LogP contribution in [0.4, 0.5) is 5.82 Å². The minimum Gasteiger partial charge on any atom is -0.309 e. The summed E-state index contributed by atoms with van der Waals surface area (Å²) in [6, 6.07) is 9.92. The molecule has 2 aromatic rings. The molecule has 26 heavy (non-hydrogen) atoms. The number of amides is 2. The van der Waals surface area contributed by atoms with Gasteiger partial charge in [-0.15, -0.1) is 0 Å². The van der Waals surface area contributed by atoms with Crippen LogP contribution in [0.2, 0.25) is 0 Å². The third kappa shape index (κ3) is 3.33. The summed E-state index contributed by atoms with van der Waals surface area (Å²) in [6.45, 7) is 3.89. The summed E-state index contributed by atoms with van der Waals surface area (Å²) in [7, 11) is -3.41. The maximum atomic E-state index is 12.9. The largest absolute Gasteiger partial charge is 0.335 e. The molecule has 0 aliphatic carbocycles. The minimum absolute atomic E-state index is 0.0781. The number of fused-ring (bicyclic) bond motifs is 1. The van der Waals surface area contributed by atoms with E-state index in [9.17, 15) is 14.2 Å². The highest BCUT2D eigenvalue weighted by atomic mass is 31.2. The standard InChI is InChI=1S/C18H19N2O5P/c1-3-24-26(23,25-4-2)12-13-8-7-11-19-16(13)20-17(21)14-9-5-6-10-15(14)18(20)22/h5-11H,3-4,12H2,1-2H3. The molecule has 136 valence electrons. The van der Waals surface area contributed by atoms with Gasteiger partial charge in [0.2, 0.25) is 0 Å². The summed E-state index contributed by atoms with van der Waals surface area (Å²) in [5, 5.41) is 0. The Morgan fingerprint density at radius 2 is 1.54 bits per heavy atom. The number of nitrogens with zero attached hydrogens (tertiary/aromatic N) is 2. The Hall–Kier alpha value is -2.34. The molecule has 0 N–H and O–H groups in total. The zero-order valence-electron chi connectivity index (χ0n) is 14.5. The van der Waals surface area contributed by atoms with Crippen LogP contribution >= 0.6 is 7.60 Å². The van der Waals surface area contributed by atoms with Crippen LogP contribution in [0.1, 0.15) is 40.1 Å². The second-order valence-electron chi connectivity index (χ2n) is 5.58. The number of carbonyl (C=O) groups excluding carboxylic acids is 2. The van der Waals surface area contributed by atoms with Crippen LogP contribution in [0, 0.1) is 0 Å². The number of imide groups is 1. The Bertz CT molecular complexity index is 854. The van der Waals surface area contributed by atoms with E-state index in [1.807, 2.05) is 0 Å². The molecule has 0 saturated carbocycles. The molecule has 2 amide bonds. The third-order valence-electron chi connectivity index (χ3n) is 3.89. The van der Waals surface area contributed by atoms with Crippen LogP contribution in [0.15, 0.2) is 42.6 Å². The second-order valence-corrected chi connectivity index (χ2v) is 7.64. The number of rotatable bonds is 7. The average molecular weight is 374 g/mol. The highest BCUT2D eigenvalue weighted by Crippen LogP contribution is 2.52. The predicted octanol–water partition coefficient (Wildman–Crippen LogP) is 3.65. The molecule has 1 aliphatic heterocycles. The molecule has 1 aromatic carbocycles. The van der Waals surface area contributed by atoms with E-state index in [1.54, 1.807) is 50.2 Å². The summed E-state index contributed by atoms with van der Waals surface area (Å²) < 4.78 is 23.5. The normalized spacial score (nSPS) is 14.0. The third-order valence-corrected chi connectivity index (χ3v) is 5.92. The van der Waals surface area contributed by atoms with E-state index in [2.05, 4.69) is 4.98 Å². The van der Waals surface area contributed by atoms with E-state index in [0.717, 1.165) is 4.90 Å². The molecule has 0 atom stereocenters. The second kappa shape index (κ2) is 7.50. The highest BCUT2D eigenvalue weighted by Gasteiger charge is 2.39. The first kappa shape index (κ1) is 18.5. The fraction of sp³-hybridized carbons (Fsp3) is 0.278. The monoisotopic (exact) mass is 374 g/mol. The maximum absolute atomic E-state index is 12.9. The van der Waals surface area contributed by atoms with Crippen LogP contribution in [0.25, 0.3) is 0 Å². The number of hydrogen-bond donors (Lipinski definition) is 0. The molecule has 0 saturated heterocycles. The lowest BCUT2D eigenvalue weighted by molar-refractivity contribution is 0.0924. The van der Waals surface area contributed by atoms with Crippen LogP contribution in [-0.2, 0) is 19.8 Å². The summed E-state index contributed by atoms with van der Waals surface area (Å²) in [6.07, 6.45) is 1.40. The summed E-state index contributed by atoms with van der Waals surface area (Å²) >= 11 is 0. The van der Waals surface area contributed by atoms with Crippen LogP contribution in [0.5, 0.6) is 0 Å². The molecule has 1 aromatic heterocycles. The van der Waals surface area contributed by atoms with Gasteiger partial charge < -0.3 is 9.05 Å². The fourth-order valence-corrected chi connectivity index (χ4v) is 4.58. The van der Waals surface area contributed by atoms with Crippen molar-refractivity contribution in [1.29, 1.82) is 0 Å². The van der Waals surface area contributed by atoms with Crippen LogP contribution < -0.4 is 4.90 Å². The first-order valence-corrected chi connectivity index (χ1v) is 10.0. The van der Waals surface area contributed by atoms with Crippen molar-refractivity contribution in [3.63, 3.8) is 0 Å². The summed E-state index contributed by atoms with van der Waals surface area (Å²) in [5.41, 5.74) is 1.10. The summed E-state index contributed by atoms with van der Waals surface area (Å²) in [5.74, 6) is -0.750. The van der Waals surface area contributed by atoms with Gasteiger partial charge in [-0.3, -0.25) is 14.2 Å². The van der Waals surface area contributed by atoms with Crippen molar-refractivity contribution in [2.24, 2.45) is 0 Å². The van der Waals surface area contributed by atoms with Crippen molar-refractivity contribution >= 4 is 25.2 Å². The maximum Gasteiger partial charge on any atom is 0.335 e. The van der Waals surface area contributed by atoms with Crippen molar-refractivity contribution in [2.45, 2.75) is 20.0 Å². The first-order valence-electron chi connectivity index (χ1n) is 8.30. The number of benzene rings is 1. The van der Waals surface area contributed by atoms with E-state index in [0.29, 0.717) is 16.7 Å². The van der Waals surface area contributed by atoms with E-state index in [1.165, 1.54) is 6.20 Å². The Morgan fingerprint density at radius 1 is 0.962 bits per heavy atom. The number of anilines is 1. The molecular weight excluding hydrogens is 355 g/mol. The Labute approximate surface area is 151 Å². The molecular formula is C18H19N2O5P. The smallest absolute Gasteiger partial charge is 0.309 e. The van der Waals surface area contributed by atoms with Gasteiger partial charge in [-0.1, -0.05) is 18.2 Å². The molecule has 0 unspecified atom stereocenters. The Morgan fingerprint density at radius 3 is 2.08 bits per heavy atom. The van der Waals surface area contributed by atoms with Crippen molar-refractivity contribution in [1.82, 2.24) is 4.98 Å². The molecule has 1 aliphatic rings. The van der Waals surface area contributed by atoms with Gasteiger partial charge in [0.1, 0.15) is 5.82 Å². The molecule has 0 spiro atoms. The lowest BCUT2D eigenvalue weighted by Crippen LogP contribution is -2.31. The van der Waals surface area contributed by atoms with Gasteiger partial charge in [0.05, 0.1) is 30.5 Å². The van der Waals surface area contributed by atoms with Crippen molar-refractivity contribution < 1.29 is 23.2 Å². The molecule has 2 heterocycles. The number of aromatic nitrogens is 1. The van der Waals surface area contributed by atoms with Gasteiger partial charge in [-0.05, 0) is 32.0 Å². The molecule has 3 rings (SSSR count). The SMILES string of the molecule is CCOP(=O)(Cc1cccnc1N1C(=O)c2ccccc2C1=O)OCC. The van der Waals surface area contributed by atoms with Crippen LogP contribution in [-0.4, -0.2) is 30.0 Å². The topological polar surface area (TPSA) is 85.8 Å². The zero-order chi connectivity index (χ0) is 18.7. The number of carbonyl (C=O) groups is 2. The Balaban J connectivity index is 2.00. The van der Waals surface area contributed by atoms with Gasteiger partial charge in [-0.25, -0.2) is 9.88 Å². The molecule has 0 radical (unpaired) electrons. The van der Waals surface area contributed by atoms with Gasteiger partial charge in [0, 0.05) is 11.8 Å². The average Bonchev–Trinajstić information content (AvgIpc) is 2.87. The van der Waals surface area contributed by atoms with E-state index >= 15 is 0 Å². The fourth-order valence-electron chi connectivity index (χ4n) is 2.87. The van der Waals surface area contributed by atoms with Gasteiger partial charge in [0.15, 0.2) is 0 Å². The zero-order valence-corrected chi connectivity index (χ0v) is 15.4. The number of pyridine rings is 1. The molecule has 0 fully saturated rings. The van der Waals surface area contributed by atoms with E-state index in [-0.39, 0.29) is 25.2 Å². The lowest BCUT2D eigenvalue weighted by Gasteiger charge is -2.21. The van der Waals surface area contributed by atoms with Gasteiger partial charge in [0.25, 0.3) is 11.8 Å². The lowest BCUT2D eigenvalue weighted by atomic mass is 10.1. The van der Waals surface area contributed by atoms with Crippen molar-refractivity contribution in [3.05, 3.63) is 59.3 Å². The molecule has 7 nitrogen and oxygen atoms in total. The molecule has 8 heteroatoms. The van der Waals surface area contributed by atoms with E-state index in [4.69, 9.17) is 9.05 Å². The predicted molar refractivity (Wildman–Crippen MR) is 96.4 cm³/mol. The summed E-state index contributed by atoms with van der Waals surface area (Å²) in [4.78, 5) is 30.6. The minimum atomic E-state index is -3.41. The quantitative estimate of drug-likeness (QED) is 0.543. The van der Waals surface area contributed by atoms with Gasteiger partial charge in [-0.2, -0.15) is 0 Å². The van der Waals surface area contributed by atoms with Crippen molar-refractivity contribution in [2.75, 3.05) is 18.1 Å². The number of hydrogen-bond acceptors (Lipinski definition) is 6. The van der Waals surface area contributed by atoms with E-state index < -0.39 is 19.4 Å². The van der Waals surface area contributed by atoms with Gasteiger partial charge >= 0.3 is 7.60 Å². The highest BCUT2D eigenvalue weighted by molar-refractivity contribution is 7.53. The van der Waals surface area contributed by atoms with Crippen LogP contribution in [0.3, 0.4) is 0 Å². The van der Waals surface area contributed by atoms with Crippen molar-refractivity contribution in [3.8, 4) is 0 Å². The Kier molecular flexibility index (Phi) is 5.32. The molecule has 0 bridgehead atoms. The first-order chi connectivity index (χ1) is 12.5.